The maximum absolute atomic E-state index is 12.7. The van der Waals surface area contributed by atoms with Crippen LogP contribution < -0.4 is 4.74 Å². The Morgan fingerprint density at radius 3 is 3.00 bits per heavy atom. The molecule has 3 rings (SSSR count). The van der Waals surface area contributed by atoms with Crippen molar-refractivity contribution in [3.05, 3.63) is 48.4 Å². The average Bonchev–Trinajstić information content (AvgIpc) is 3.16. The Hall–Kier alpha value is -2.21. The number of hydrogen-bond donors (Lipinski definition) is 0. The van der Waals surface area contributed by atoms with Crippen molar-refractivity contribution in [2.24, 2.45) is 0 Å². The van der Waals surface area contributed by atoms with Gasteiger partial charge >= 0.3 is 0 Å². The summed E-state index contributed by atoms with van der Waals surface area (Å²) in [4.78, 5) is 19.1. The van der Waals surface area contributed by atoms with E-state index in [0.717, 1.165) is 36.0 Å². The van der Waals surface area contributed by atoms with Gasteiger partial charge in [-0.2, -0.15) is 0 Å². The summed E-state index contributed by atoms with van der Waals surface area (Å²) in [6.07, 6.45) is 10.4. The van der Waals surface area contributed by atoms with Gasteiger partial charge in [-0.25, -0.2) is 4.98 Å². The minimum Gasteiger partial charge on any atom is -0.497 e. The van der Waals surface area contributed by atoms with Crippen molar-refractivity contribution in [2.75, 3.05) is 19.4 Å². The summed E-state index contributed by atoms with van der Waals surface area (Å²) in [5.41, 5.74) is 2.15. The molecule has 0 bridgehead atoms. The molecule has 1 aromatic carbocycles. The number of allylic oxidation sites excluding steroid dienone is 2. The van der Waals surface area contributed by atoms with Crippen LogP contribution in [0.3, 0.4) is 0 Å². The molecule has 1 aliphatic rings. The van der Waals surface area contributed by atoms with E-state index in [-0.39, 0.29) is 5.91 Å². The van der Waals surface area contributed by atoms with Gasteiger partial charge in [0.05, 0.1) is 18.6 Å². The van der Waals surface area contributed by atoms with Crippen LogP contribution in [-0.2, 0) is 4.79 Å². The van der Waals surface area contributed by atoms with Gasteiger partial charge < -0.3 is 9.64 Å². The van der Waals surface area contributed by atoms with Gasteiger partial charge in [0.1, 0.15) is 5.75 Å². The quantitative estimate of drug-likeness (QED) is 0.682. The van der Waals surface area contributed by atoms with Crippen LogP contribution in [0, 0.1) is 0 Å². The fourth-order valence-electron chi connectivity index (χ4n) is 3.16. The normalized spacial score (nSPS) is 14.0. The average molecular weight is 372 g/mol. The molecule has 0 unspecified atom stereocenters. The molecule has 0 fully saturated rings. The van der Waals surface area contributed by atoms with Crippen molar-refractivity contribution in [3.8, 4) is 11.4 Å². The number of methoxy groups -OCH3 is 1. The topological polar surface area (TPSA) is 47.4 Å². The van der Waals surface area contributed by atoms with Crippen molar-refractivity contribution in [1.29, 1.82) is 0 Å². The highest BCUT2D eigenvalue weighted by Crippen LogP contribution is 2.25. The third-order valence-corrected chi connectivity index (χ3v) is 5.45. The molecule has 138 valence electrons. The summed E-state index contributed by atoms with van der Waals surface area (Å²) in [5, 5.41) is 0.806. The lowest BCUT2D eigenvalue weighted by atomic mass is 10.0. The summed E-state index contributed by atoms with van der Waals surface area (Å²) >= 11 is 1.47. The van der Waals surface area contributed by atoms with Crippen molar-refractivity contribution in [2.45, 2.75) is 37.8 Å². The molecular formula is C20H25N3O2S. The van der Waals surface area contributed by atoms with Crippen molar-refractivity contribution >= 4 is 17.7 Å². The summed E-state index contributed by atoms with van der Waals surface area (Å²) in [7, 11) is 1.65. The molecular weight excluding hydrogens is 346 g/mol. The number of amides is 1. The van der Waals surface area contributed by atoms with Gasteiger partial charge in [-0.15, -0.1) is 0 Å². The Labute approximate surface area is 159 Å². The number of thioether (sulfide) groups is 1. The maximum Gasteiger partial charge on any atom is 0.237 e. The van der Waals surface area contributed by atoms with Gasteiger partial charge in [-0.05, 0) is 44.7 Å². The van der Waals surface area contributed by atoms with Crippen LogP contribution in [0.15, 0.2) is 53.6 Å². The number of hydrogen-bond acceptors (Lipinski definition) is 4. The van der Waals surface area contributed by atoms with Gasteiger partial charge in [0.2, 0.25) is 5.91 Å². The second-order valence-electron chi connectivity index (χ2n) is 6.15. The first-order valence-corrected chi connectivity index (χ1v) is 10.0. The first-order chi connectivity index (χ1) is 12.7. The van der Waals surface area contributed by atoms with Crippen LogP contribution in [0.1, 0.15) is 32.6 Å². The molecule has 6 heteroatoms. The van der Waals surface area contributed by atoms with Crippen LogP contribution in [0.4, 0.5) is 0 Å². The van der Waals surface area contributed by atoms with Crippen molar-refractivity contribution < 1.29 is 9.53 Å². The molecule has 0 spiro atoms. The van der Waals surface area contributed by atoms with E-state index in [1.807, 2.05) is 46.9 Å². The van der Waals surface area contributed by atoms with Crippen molar-refractivity contribution in [3.63, 3.8) is 0 Å². The van der Waals surface area contributed by atoms with E-state index >= 15 is 0 Å². The number of rotatable bonds is 7. The molecule has 5 nitrogen and oxygen atoms in total. The number of carbonyl (C=O) groups excluding carboxylic acids is 1. The smallest absolute Gasteiger partial charge is 0.237 e. The predicted octanol–water partition coefficient (Wildman–Crippen LogP) is 4.28. The van der Waals surface area contributed by atoms with E-state index in [2.05, 4.69) is 11.1 Å². The second-order valence-corrected chi connectivity index (χ2v) is 7.09. The highest BCUT2D eigenvalue weighted by molar-refractivity contribution is 7.99. The molecule has 1 aromatic heterocycles. The molecule has 1 amide bonds. The number of aromatic nitrogens is 2. The molecule has 0 saturated carbocycles. The number of carbonyl (C=O) groups is 1. The number of imidazole rings is 1. The summed E-state index contributed by atoms with van der Waals surface area (Å²) in [6.45, 7) is 2.75. The molecule has 0 radical (unpaired) electrons. The summed E-state index contributed by atoms with van der Waals surface area (Å²) in [5.74, 6) is 1.32. The molecule has 0 N–H and O–H groups in total. The fraction of sp³-hybridized carbons (Fsp3) is 0.400. The Balaban J connectivity index is 1.69. The monoisotopic (exact) mass is 371 g/mol. The van der Waals surface area contributed by atoms with Gasteiger partial charge in [-0.1, -0.05) is 23.9 Å². The Morgan fingerprint density at radius 1 is 1.38 bits per heavy atom. The lowest BCUT2D eigenvalue weighted by Crippen LogP contribution is -2.32. The molecule has 26 heavy (non-hydrogen) atoms. The van der Waals surface area contributed by atoms with E-state index in [9.17, 15) is 4.79 Å². The predicted molar refractivity (Wildman–Crippen MR) is 105 cm³/mol. The summed E-state index contributed by atoms with van der Waals surface area (Å²) < 4.78 is 7.28. The van der Waals surface area contributed by atoms with E-state index in [4.69, 9.17) is 4.74 Å². The van der Waals surface area contributed by atoms with E-state index in [1.54, 1.807) is 13.3 Å². The Kier molecular flexibility index (Phi) is 6.39. The Morgan fingerprint density at radius 2 is 2.27 bits per heavy atom. The molecule has 1 heterocycles. The Bertz CT molecular complexity index is 785. The van der Waals surface area contributed by atoms with Gasteiger partial charge in [0.15, 0.2) is 5.16 Å². The van der Waals surface area contributed by atoms with E-state index < -0.39 is 0 Å². The van der Waals surface area contributed by atoms with Crippen molar-refractivity contribution in [1.82, 2.24) is 14.5 Å². The molecule has 0 atom stereocenters. The third-order valence-electron chi connectivity index (χ3n) is 4.49. The van der Waals surface area contributed by atoms with Gasteiger partial charge in [-0.3, -0.25) is 9.36 Å². The van der Waals surface area contributed by atoms with E-state index in [1.165, 1.54) is 30.3 Å². The zero-order valence-corrected chi connectivity index (χ0v) is 16.2. The standard InChI is InChI=1S/C20H25N3O2S/c1-3-22(16-8-5-4-6-9-16)19(24)15-26-20-21-12-13-23(20)17-10-7-11-18(14-17)25-2/h7-8,10-14H,3-6,9,15H2,1-2H3. The lowest BCUT2D eigenvalue weighted by Gasteiger charge is -2.26. The molecule has 0 aliphatic heterocycles. The number of ether oxygens (including phenoxy) is 1. The van der Waals surface area contributed by atoms with Crippen LogP contribution in [0.2, 0.25) is 0 Å². The van der Waals surface area contributed by atoms with Gasteiger partial charge in [0.25, 0.3) is 0 Å². The minimum absolute atomic E-state index is 0.144. The van der Waals surface area contributed by atoms with E-state index in [0.29, 0.717) is 5.75 Å². The van der Waals surface area contributed by atoms with Gasteiger partial charge in [0, 0.05) is 30.7 Å². The molecule has 1 aliphatic carbocycles. The first-order valence-electron chi connectivity index (χ1n) is 9.03. The SMILES string of the molecule is CCN(C(=O)CSc1nccn1-c1cccc(OC)c1)C1=CCCCC1. The number of nitrogens with zero attached hydrogens (tertiary/aromatic N) is 3. The first kappa shape index (κ1) is 18.6. The molecule has 0 saturated heterocycles. The lowest BCUT2D eigenvalue weighted by molar-refractivity contribution is -0.126. The highest BCUT2D eigenvalue weighted by atomic mass is 32.2. The van der Waals surface area contributed by atoms with Crippen LogP contribution in [-0.4, -0.2) is 39.8 Å². The van der Waals surface area contributed by atoms with Crippen LogP contribution >= 0.6 is 11.8 Å². The second kappa shape index (κ2) is 8.94. The minimum atomic E-state index is 0.144. The maximum atomic E-state index is 12.7. The van der Waals surface area contributed by atoms with Crippen LogP contribution in [0.25, 0.3) is 5.69 Å². The zero-order valence-electron chi connectivity index (χ0n) is 15.4. The largest absolute Gasteiger partial charge is 0.497 e. The third kappa shape index (κ3) is 4.30. The van der Waals surface area contributed by atoms with Crippen LogP contribution in [0.5, 0.6) is 5.75 Å². The fourth-order valence-corrected chi connectivity index (χ4v) is 4.01. The number of benzene rings is 1. The highest BCUT2D eigenvalue weighted by Gasteiger charge is 2.19. The zero-order chi connectivity index (χ0) is 18.4. The molecule has 2 aromatic rings. The summed E-state index contributed by atoms with van der Waals surface area (Å²) in [6, 6.07) is 7.82.